The Morgan fingerprint density at radius 1 is 0.760 bits per heavy atom. The van der Waals surface area contributed by atoms with Crippen LogP contribution >= 0.6 is 0 Å². The summed E-state index contributed by atoms with van der Waals surface area (Å²) in [5, 5.41) is 0. The maximum absolute atomic E-state index is 15.7. The largest absolute Gasteiger partial charge is 0.496 e. The molecule has 3 aromatic carbocycles. The first-order chi connectivity index (χ1) is 24.1. The second-order valence-corrected chi connectivity index (χ2v) is 22.7. The van der Waals surface area contributed by atoms with Crippen molar-refractivity contribution in [3.8, 4) is 5.75 Å². The van der Waals surface area contributed by atoms with Crippen LogP contribution in [0.25, 0.3) is 0 Å². The molecule has 7 nitrogen and oxygen atoms in total. The van der Waals surface area contributed by atoms with Crippen molar-refractivity contribution in [2.24, 2.45) is 0 Å². The predicted octanol–water partition coefficient (Wildman–Crippen LogP) is 9.64. The van der Waals surface area contributed by atoms with Gasteiger partial charge < -0.3 is 23.1 Å². The van der Waals surface area contributed by atoms with Crippen LogP contribution in [0.3, 0.4) is 0 Å². The highest BCUT2D eigenvalue weighted by molar-refractivity contribution is 6.74. The molecule has 3 atom stereocenters. The van der Waals surface area contributed by atoms with Gasteiger partial charge in [0.15, 0.2) is 28.0 Å². The molecule has 0 N–H and O–H groups in total. The average Bonchev–Trinajstić information content (AvgIpc) is 3.18. The Labute approximate surface area is 301 Å². The Morgan fingerprint density at radius 2 is 1.30 bits per heavy atom. The second-order valence-electron chi connectivity index (χ2n) is 13.2. The minimum absolute atomic E-state index is 0.0787. The van der Waals surface area contributed by atoms with E-state index in [2.05, 4.69) is 48.1 Å². The van der Waals surface area contributed by atoms with Crippen LogP contribution in [0.15, 0.2) is 91.5 Å². The molecule has 9 heteroatoms. The van der Waals surface area contributed by atoms with Gasteiger partial charge in [-0.05, 0) is 65.1 Å². The maximum atomic E-state index is 15.7. The van der Waals surface area contributed by atoms with Gasteiger partial charge in [-0.25, -0.2) is 0 Å². The number of hydrogen-bond donors (Lipinski definition) is 0. The highest BCUT2D eigenvalue weighted by Gasteiger charge is 2.72. The van der Waals surface area contributed by atoms with E-state index in [0.29, 0.717) is 29.4 Å². The van der Waals surface area contributed by atoms with Crippen LogP contribution in [0.4, 0.5) is 0 Å². The lowest BCUT2D eigenvalue weighted by Crippen LogP contribution is -2.75. The van der Waals surface area contributed by atoms with E-state index in [-0.39, 0.29) is 25.4 Å². The molecule has 3 aromatic rings. The molecular weight excluding hydrogens is 661 g/mol. The third-order valence-corrected chi connectivity index (χ3v) is 20.3. The van der Waals surface area contributed by atoms with Crippen LogP contribution in [0.1, 0.15) is 74.7 Å². The van der Waals surface area contributed by atoms with E-state index in [1.165, 1.54) is 13.2 Å². The van der Waals surface area contributed by atoms with Crippen LogP contribution in [0.5, 0.6) is 5.75 Å². The molecule has 0 fully saturated rings. The number of carbonyl (C=O) groups excluding carboxylic acids is 2. The standard InChI is InChI=1S/C41H56O7Si2/c1-9-36(42)41(48-50(13-5,14-6)15-7)38(43)37-34(27-22-28-35(37)44-8)39(45-29-32-23-18-16-19-24-32)40(41,31-47-49(10-2,11-3)12-4)46-30-33-25-20-17-21-26-33/h9,16-28,39H,1,10-15,29-31H2,2-8H3/t39-,40-,41+/m1/s1. The zero-order chi connectivity index (χ0) is 36.4. The first kappa shape index (κ1) is 39.6. The van der Waals surface area contributed by atoms with Gasteiger partial charge in [0.25, 0.3) is 0 Å². The number of carbonyl (C=O) groups is 2. The molecule has 1 aliphatic carbocycles. The predicted molar refractivity (Wildman–Crippen MR) is 205 cm³/mol. The summed E-state index contributed by atoms with van der Waals surface area (Å²) in [7, 11) is -3.59. The monoisotopic (exact) mass is 716 g/mol. The molecule has 0 spiro atoms. The molecule has 50 heavy (non-hydrogen) atoms. The molecule has 4 rings (SSSR count). The zero-order valence-corrected chi connectivity index (χ0v) is 33.1. The summed E-state index contributed by atoms with van der Waals surface area (Å²) in [5.41, 5.74) is -1.25. The van der Waals surface area contributed by atoms with Crippen LogP contribution in [0, 0.1) is 0 Å². The zero-order valence-electron chi connectivity index (χ0n) is 31.1. The fourth-order valence-corrected chi connectivity index (χ4v) is 13.0. The molecule has 0 saturated heterocycles. The molecule has 1 aliphatic rings. The van der Waals surface area contributed by atoms with Gasteiger partial charge in [0.05, 0.1) is 32.5 Å². The summed E-state index contributed by atoms with van der Waals surface area (Å²) in [5.74, 6) is -0.720. The van der Waals surface area contributed by atoms with E-state index in [1.807, 2.05) is 72.8 Å². The van der Waals surface area contributed by atoms with Gasteiger partial charge in [0.2, 0.25) is 11.4 Å². The van der Waals surface area contributed by atoms with Crippen LogP contribution in [-0.4, -0.2) is 53.1 Å². The van der Waals surface area contributed by atoms with Gasteiger partial charge in [-0.1, -0.05) is 121 Å². The minimum Gasteiger partial charge on any atom is -0.496 e. The summed E-state index contributed by atoms with van der Waals surface area (Å²) >= 11 is 0. The first-order valence-corrected chi connectivity index (χ1v) is 23.3. The molecule has 270 valence electrons. The Hall–Kier alpha value is -3.19. The Balaban J connectivity index is 2.16. The highest BCUT2D eigenvalue weighted by Crippen LogP contribution is 2.55. The maximum Gasteiger partial charge on any atom is 0.218 e. The number of fused-ring (bicyclic) bond motifs is 1. The fourth-order valence-electron chi connectivity index (χ4n) is 7.40. The van der Waals surface area contributed by atoms with Crippen molar-refractivity contribution in [2.45, 2.75) is 108 Å². The summed E-state index contributed by atoms with van der Waals surface area (Å²) in [4.78, 5) is 30.7. The molecule has 0 radical (unpaired) electrons. The SMILES string of the molecule is C=CC(=O)[C@]1(O[Si](CC)(CC)CC)C(=O)c2c(OC)cccc2[C@@H](OCc2ccccc2)[C@@]1(CO[Si](CC)(CC)CC)OCc1ccccc1. The van der Waals surface area contributed by atoms with Crippen molar-refractivity contribution in [3.63, 3.8) is 0 Å². The quantitative estimate of drug-likeness (QED) is 0.0655. The number of methoxy groups -OCH3 is 1. The minimum atomic E-state index is -2.77. The highest BCUT2D eigenvalue weighted by atomic mass is 28.4. The third-order valence-electron chi connectivity index (χ3n) is 11.1. The summed E-state index contributed by atoms with van der Waals surface area (Å²) in [6.07, 6.45) is 0.255. The van der Waals surface area contributed by atoms with Crippen LogP contribution in [-0.2, 0) is 36.3 Å². The molecule has 0 saturated carbocycles. The normalized spacial score (nSPS) is 20.7. The van der Waals surface area contributed by atoms with Crippen molar-refractivity contribution in [3.05, 3.63) is 114 Å². The van der Waals surface area contributed by atoms with Crippen molar-refractivity contribution in [1.29, 1.82) is 0 Å². The Bertz CT molecular complexity index is 1560. The lowest BCUT2D eigenvalue weighted by atomic mass is 9.64. The molecule has 0 bridgehead atoms. The smallest absolute Gasteiger partial charge is 0.218 e. The van der Waals surface area contributed by atoms with E-state index in [1.54, 1.807) is 6.07 Å². The molecule has 0 aromatic heterocycles. The van der Waals surface area contributed by atoms with Gasteiger partial charge >= 0.3 is 0 Å². The number of ketones is 2. The van der Waals surface area contributed by atoms with Gasteiger partial charge in [0.1, 0.15) is 11.9 Å². The van der Waals surface area contributed by atoms with Crippen molar-refractivity contribution < 1.29 is 32.7 Å². The number of hydrogen-bond acceptors (Lipinski definition) is 7. The van der Waals surface area contributed by atoms with Crippen LogP contribution < -0.4 is 4.74 Å². The number of benzene rings is 3. The Kier molecular flexibility index (Phi) is 13.7. The summed E-state index contributed by atoms with van der Waals surface area (Å²) < 4.78 is 34.7. The molecule has 0 aliphatic heterocycles. The van der Waals surface area contributed by atoms with E-state index in [4.69, 9.17) is 23.1 Å². The third kappa shape index (κ3) is 7.40. The topological polar surface area (TPSA) is 80.3 Å². The molecule has 0 heterocycles. The van der Waals surface area contributed by atoms with Crippen LogP contribution in [0.2, 0.25) is 36.3 Å². The number of rotatable bonds is 20. The van der Waals surface area contributed by atoms with Gasteiger partial charge in [-0.15, -0.1) is 0 Å². The van der Waals surface area contributed by atoms with Crippen molar-refractivity contribution in [1.82, 2.24) is 0 Å². The second kappa shape index (κ2) is 17.4. The fraction of sp³-hybridized carbons (Fsp3) is 0.463. The van der Waals surface area contributed by atoms with Gasteiger partial charge in [-0.3, -0.25) is 9.59 Å². The number of Topliss-reactive ketones (excluding diaryl/α,β-unsaturated/α-hetero) is 1. The lowest BCUT2D eigenvalue weighted by Gasteiger charge is -2.56. The van der Waals surface area contributed by atoms with E-state index in [0.717, 1.165) is 29.3 Å². The summed E-state index contributed by atoms with van der Waals surface area (Å²) in [6.45, 7) is 16.9. The van der Waals surface area contributed by atoms with Crippen molar-refractivity contribution in [2.75, 3.05) is 13.7 Å². The first-order valence-electron chi connectivity index (χ1n) is 18.2. The van der Waals surface area contributed by atoms with Gasteiger partial charge in [0, 0.05) is 0 Å². The van der Waals surface area contributed by atoms with E-state index < -0.39 is 45.5 Å². The lowest BCUT2D eigenvalue weighted by molar-refractivity contribution is -0.238. The van der Waals surface area contributed by atoms with E-state index in [9.17, 15) is 0 Å². The van der Waals surface area contributed by atoms with E-state index >= 15 is 9.59 Å². The summed E-state index contributed by atoms with van der Waals surface area (Å²) in [6, 6.07) is 29.8. The average molecular weight is 717 g/mol. The van der Waals surface area contributed by atoms with Crippen molar-refractivity contribution >= 4 is 28.2 Å². The molecule has 0 amide bonds. The molecule has 0 unspecified atom stereocenters. The Morgan fingerprint density at radius 3 is 1.80 bits per heavy atom. The number of ether oxygens (including phenoxy) is 3. The van der Waals surface area contributed by atoms with Gasteiger partial charge in [-0.2, -0.15) is 0 Å². The molecular formula is C41H56O7Si2.